The predicted molar refractivity (Wildman–Crippen MR) is 68.4 cm³/mol. The molecule has 0 radical (unpaired) electrons. The van der Waals surface area contributed by atoms with Crippen LogP contribution in [0.15, 0.2) is 24.3 Å². The Morgan fingerprint density at radius 2 is 2.11 bits per heavy atom. The van der Waals surface area contributed by atoms with Gasteiger partial charge in [-0.15, -0.1) is 0 Å². The second-order valence-electron chi connectivity index (χ2n) is 4.16. The first-order valence-electron chi connectivity index (χ1n) is 6.07. The standard InChI is InChI=1S/C13H15N3O3/c1-2-14-12(18)10-6-4-3-5-9(10)8-16-11(17)7-15-13(16)19/h3-6H,2,7-8H2,1H3,(H,14,18)(H,15,19). The molecule has 1 heterocycles. The number of rotatable bonds is 4. The van der Waals surface area contributed by atoms with Crippen molar-refractivity contribution in [3.05, 3.63) is 35.4 Å². The number of hydrogen-bond acceptors (Lipinski definition) is 3. The van der Waals surface area contributed by atoms with Crippen LogP contribution in [0.5, 0.6) is 0 Å². The van der Waals surface area contributed by atoms with Crippen molar-refractivity contribution in [2.24, 2.45) is 0 Å². The molecular formula is C13H15N3O3. The summed E-state index contributed by atoms with van der Waals surface area (Å²) in [5.41, 5.74) is 1.13. The van der Waals surface area contributed by atoms with Crippen LogP contribution in [0.3, 0.4) is 0 Å². The van der Waals surface area contributed by atoms with Gasteiger partial charge in [-0.25, -0.2) is 4.79 Å². The molecule has 0 spiro atoms. The summed E-state index contributed by atoms with van der Waals surface area (Å²) in [6.07, 6.45) is 0. The van der Waals surface area contributed by atoms with Crippen molar-refractivity contribution in [3.8, 4) is 0 Å². The zero-order valence-corrected chi connectivity index (χ0v) is 10.6. The van der Waals surface area contributed by atoms with E-state index in [1.54, 1.807) is 24.3 Å². The third-order valence-corrected chi connectivity index (χ3v) is 2.86. The van der Waals surface area contributed by atoms with E-state index < -0.39 is 6.03 Å². The van der Waals surface area contributed by atoms with Gasteiger partial charge in [-0.05, 0) is 18.6 Å². The lowest BCUT2D eigenvalue weighted by molar-refractivity contribution is -0.125. The summed E-state index contributed by atoms with van der Waals surface area (Å²) in [6, 6.07) is 6.52. The Kier molecular flexibility index (Phi) is 3.79. The van der Waals surface area contributed by atoms with Crippen LogP contribution in [0.25, 0.3) is 0 Å². The van der Waals surface area contributed by atoms with Crippen LogP contribution in [0, 0.1) is 0 Å². The molecule has 1 aromatic rings. The third-order valence-electron chi connectivity index (χ3n) is 2.86. The second kappa shape index (κ2) is 5.51. The molecule has 4 amide bonds. The first-order valence-corrected chi connectivity index (χ1v) is 6.07. The largest absolute Gasteiger partial charge is 0.352 e. The molecule has 1 fully saturated rings. The van der Waals surface area contributed by atoms with Gasteiger partial charge in [0.15, 0.2) is 0 Å². The quantitative estimate of drug-likeness (QED) is 0.774. The van der Waals surface area contributed by atoms with Crippen molar-refractivity contribution in [2.45, 2.75) is 13.5 Å². The number of hydrogen-bond donors (Lipinski definition) is 2. The number of nitrogens with one attached hydrogen (secondary N) is 2. The van der Waals surface area contributed by atoms with Gasteiger partial charge in [0, 0.05) is 12.1 Å². The summed E-state index contributed by atoms with van der Waals surface area (Å²) < 4.78 is 0. The van der Waals surface area contributed by atoms with Crippen molar-refractivity contribution >= 4 is 17.8 Å². The Labute approximate surface area is 110 Å². The zero-order chi connectivity index (χ0) is 13.8. The normalized spacial score (nSPS) is 14.5. The summed E-state index contributed by atoms with van der Waals surface area (Å²) in [5, 5.41) is 5.16. The lowest BCUT2D eigenvalue weighted by atomic mass is 10.1. The number of amides is 4. The first kappa shape index (κ1) is 13.1. The summed E-state index contributed by atoms with van der Waals surface area (Å²) in [7, 11) is 0. The lowest BCUT2D eigenvalue weighted by Crippen LogP contribution is -2.32. The van der Waals surface area contributed by atoms with E-state index in [9.17, 15) is 14.4 Å². The van der Waals surface area contributed by atoms with E-state index in [4.69, 9.17) is 0 Å². The SMILES string of the molecule is CCNC(=O)c1ccccc1CN1C(=O)CNC1=O. The number of urea groups is 1. The van der Waals surface area contributed by atoms with Gasteiger partial charge in [0.25, 0.3) is 5.91 Å². The Balaban J connectivity index is 2.23. The minimum Gasteiger partial charge on any atom is -0.352 e. The van der Waals surface area contributed by atoms with Crippen LogP contribution in [0.2, 0.25) is 0 Å². The van der Waals surface area contributed by atoms with Crippen molar-refractivity contribution in [2.75, 3.05) is 13.1 Å². The van der Waals surface area contributed by atoms with E-state index in [0.717, 1.165) is 4.90 Å². The number of carbonyl (C=O) groups excluding carboxylic acids is 3. The number of nitrogens with zero attached hydrogens (tertiary/aromatic N) is 1. The Hall–Kier alpha value is -2.37. The molecule has 6 nitrogen and oxygen atoms in total. The van der Waals surface area contributed by atoms with E-state index in [1.165, 1.54) is 0 Å². The minimum atomic E-state index is -0.421. The maximum Gasteiger partial charge on any atom is 0.324 e. The van der Waals surface area contributed by atoms with Crippen LogP contribution >= 0.6 is 0 Å². The smallest absolute Gasteiger partial charge is 0.324 e. The van der Waals surface area contributed by atoms with Crippen LogP contribution < -0.4 is 10.6 Å². The first-order chi connectivity index (χ1) is 9.13. The van der Waals surface area contributed by atoms with Gasteiger partial charge in [0.2, 0.25) is 5.91 Å². The van der Waals surface area contributed by atoms with E-state index >= 15 is 0 Å². The predicted octanol–water partition coefficient (Wildman–Crippen LogP) is 0.488. The molecule has 19 heavy (non-hydrogen) atoms. The zero-order valence-electron chi connectivity index (χ0n) is 10.6. The van der Waals surface area contributed by atoms with Crippen LogP contribution in [0.1, 0.15) is 22.8 Å². The molecular weight excluding hydrogens is 246 g/mol. The molecule has 2 N–H and O–H groups in total. The van der Waals surface area contributed by atoms with Gasteiger partial charge in [0.1, 0.15) is 0 Å². The average molecular weight is 261 g/mol. The fourth-order valence-electron chi connectivity index (χ4n) is 1.92. The van der Waals surface area contributed by atoms with E-state index in [0.29, 0.717) is 17.7 Å². The van der Waals surface area contributed by atoms with Gasteiger partial charge < -0.3 is 10.6 Å². The number of carbonyl (C=O) groups is 3. The summed E-state index contributed by atoms with van der Waals surface area (Å²) in [5.74, 6) is -0.485. The molecule has 0 aliphatic carbocycles. The van der Waals surface area contributed by atoms with Crippen LogP contribution in [0.4, 0.5) is 4.79 Å². The van der Waals surface area contributed by atoms with E-state index in [1.807, 2.05) is 6.92 Å². The summed E-state index contributed by atoms with van der Waals surface area (Å²) in [6.45, 7) is 2.48. The van der Waals surface area contributed by atoms with Gasteiger partial charge in [-0.2, -0.15) is 0 Å². The van der Waals surface area contributed by atoms with Gasteiger partial charge in [-0.1, -0.05) is 18.2 Å². The Morgan fingerprint density at radius 1 is 1.37 bits per heavy atom. The molecule has 6 heteroatoms. The fourth-order valence-corrected chi connectivity index (χ4v) is 1.92. The van der Waals surface area contributed by atoms with E-state index in [-0.39, 0.29) is 24.9 Å². The highest BCUT2D eigenvalue weighted by atomic mass is 16.2. The Morgan fingerprint density at radius 3 is 2.74 bits per heavy atom. The van der Waals surface area contributed by atoms with Gasteiger partial charge >= 0.3 is 6.03 Å². The van der Waals surface area contributed by atoms with Crippen molar-refractivity contribution in [1.29, 1.82) is 0 Å². The van der Waals surface area contributed by atoms with Crippen molar-refractivity contribution in [3.63, 3.8) is 0 Å². The monoisotopic (exact) mass is 261 g/mol. The molecule has 1 aromatic carbocycles. The molecule has 100 valence electrons. The maximum absolute atomic E-state index is 11.9. The highest BCUT2D eigenvalue weighted by molar-refractivity contribution is 6.02. The minimum absolute atomic E-state index is 0.0160. The van der Waals surface area contributed by atoms with Crippen molar-refractivity contribution in [1.82, 2.24) is 15.5 Å². The van der Waals surface area contributed by atoms with Gasteiger partial charge in [0.05, 0.1) is 13.1 Å². The molecule has 0 unspecified atom stereocenters. The molecule has 1 saturated heterocycles. The molecule has 1 aliphatic heterocycles. The fraction of sp³-hybridized carbons (Fsp3) is 0.308. The molecule has 0 atom stereocenters. The highest BCUT2D eigenvalue weighted by Gasteiger charge is 2.29. The summed E-state index contributed by atoms with van der Waals surface area (Å²) in [4.78, 5) is 36.0. The molecule has 1 aliphatic rings. The third kappa shape index (κ3) is 2.73. The lowest BCUT2D eigenvalue weighted by Gasteiger charge is -2.15. The molecule has 0 aromatic heterocycles. The number of benzene rings is 1. The second-order valence-corrected chi connectivity index (χ2v) is 4.16. The van der Waals surface area contributed by atoms with Gasteiger partial charge in [-0.3, -0.25) is 14.5 Å². The molecule has 0 bridgehead atoms. The Bertz CT molecular complexity index is 512. The van der Waals surface area contributed by atoms with Crippen LogP contribution in [-0.2, 0) is 11.3 Å². The highest BCUT2D eigenvalue weighted by Crippen LogP contribution is 2.13. The maximum atomic E-state index is 11.9. The van der Waals surface area contributed by atoms with Crippen LogP contribution in [-0.4, -0.2) is 35.8 Å². The van der Waals surface area contributed by atoms with E-state index in [2.05, 4.69) is 10.6 Å². The molecule has 0 saturated carbocycles. The topological polar surface area (TPSA) is 78.5 Å². The number of imide groups is 1. The average Bonchev–Trinajstić information content (AvgIpc) is 2.71. The summed E-state index contributed by atoms with van der Waals surface area (Å²) >= 11 is 0. The molecule has 2 rings (SSSR count). The van der Waals surface area contributed by atoms with Crippen molar-refractivity contribution < 1.29 is 14.4 Å².